The number of para-hydroxylation sites is 1. The fourth-order valence-electron chi connectivity index (χ4n) is 4.38. The molecule has 0 radical (unpaired) electrons. The second kappa shape index (κ2) is 4.62. The molecule has 0 bridgehead atoms. The Kier molecular flexibility index (Phi) is 2.71. The Bertz CT molecular complexity index is 1010. The van der Waals surface area contributed by atoms with Gasteiger partial charge in [0.05, 0.1) is 23.5 Å². The molecule has 0 aliphatic carbocycles. The number of halogens is 1. The van der Waals surface area contributed by atoms with Gasteiger partial charge in [-0.25, -0.2) is 0 Å². The predicted molar refractivity (Wildman–Crippen MR) is 94.4 cm³/mol. The summed E-state index contributed by atoms with van der Waals surface area (Å²) in [6, 6.07) is 14.0. The van der Waals surface area contributed by atoms with Gasteiger partial charge >= 0.3 is 0 Å². The number of amides is 1. The fraction of sp³-hybridized carbons (Fsp3) is 0.211. The third-order valence-electron chi connectivity index (χ3n) is 5.44. The van der Waals surface area contributed by atoms with Crippen LogP contribution in [0.1, 0.15) is 16.8 Å². The number of nitrogens with one attached hydrogen (secondary N) is 1. The molecule has 5 rings (SSSR count). The zero-order valence-corrected chi connectivity index (χ0v) is 14.0. The SMILES string of the molecule is CN1C(=O)[C@]2([NH2+]CCc3c2[nH]c2ccc(Cl)cc32)c2ccccc21. The smallest absolute Gasteiger partial charge is 0.299 e. The maximum absolute atomic E-state index is 13.3. The minimum atomic E-state index is -0.704. The van der Waals surface area contributed by atoms with E-state index in [2.05, 4.69) is 16.4 Å². The first-order chi connectivity index (χ1) is 11.6. The summed E-state index contributed by atoms with van der Waals surface area (Å²) in [6.07, 6.45) is 0.927. The van der Waals surface area contributed by atoms with Gasteiger partial charge in [0.25, 0.3) is 5.91 Å². The van der Waals surface area contributed by atoms with Crippen molar-refractivity contribution in [2.45, 2.75) is 12.0 Å². The molecule has 0 saturated carbocycles. The van der Waals surface area contributed by atoms with Crippen molar-refractivity contribution in [1.29, 1.82) is 0 Å². The van der Waals surface area contributed by atoms with Crippen LogP contribution in [0.2, 0.25) is 5.02 Å². The standard InChI is InChI=1S/C19H16ClN3O/c1-23-16-5-3-2-4-14(16)19(18(23)24)17-12(8-9-21-19)13-10-11(20)6-7-15(13)22-17/h2-7,10,21-22H,8-9H2,1H3/p+1/t19-/m0/s1. The van der Waals surface area contributed by atoms with Gasteiger partial charge in [-0.2, -0.15) is 0 Å². The van der Waals surface area contributed by atoms with E-state index in [4.69, 9.17) is 11.6 Å². The summed E-state index contributed by atoms with van der Waals surface area (Å²) in [5.41, 5.74) is 4.62. The Morgan fingerprint density at radius 1 is 1.25 bits per heavy atom. The lowest BCUT2D eigenvalue weighted by Gasteiger charge is -2.30. The summed E-state index contributed by atoms with van der Waals surface area (Å²) >= 11 is 6.21. The molecule has 4 nitrogen and oxygen atoms in total. The Hall–Kier alpha value is -2.30. The van der Waals surface area contributed by atoms with Crippen molar-refractivity contribution >= 4 is 34.1 Å². The summed E-state index contributed by atoms with van der Waals surface area (Å²) < 4.78 is 0. The highest BCUT2D eigenvalue weighted by atomic mass is 35.5. The Labute approximate surface area is 144 Å². The number of fused-ring (bicyclic) bond motifs is 6. The minimum absolute atomic E-state index is 0.113. The largest absolute Gasteiger partial charge is 0.352 e. The van der Waals surface area contributed by atoms with Gasteiger partial charge < -0.3 is 15.2 Å². The van der Waals surface area contributed by atoms with E-state index in [9.17, 15) is 4.79 Å². The number of nitrogens with two attached hydrogens (primary N) is 1. The van der Waals surface area contributed by atoms with Crippen LogP contribution in [0.4, 0.5) is 5.69 Å². The lowest BCUT2D eigenvalue weighted by atomic mass is 9.82. The number of H-pyrrole nitrogens is 1. The second-order valence-electron chi connectivity index (χ2n) is 6.60. The molecule has 1 aromatic heterocycles. The van der Waals surface area contributed by atoms with Crippen LogP contribution in [0.25, 0.3) is 10.9 Å². The van der Waals surface area contributed by atoms with Crippen molar-refractivity contribution in [3.63, 3.8) is 0 Å². The maximum atomic E-state index is 13.3. The predicted octanol–water partition coefficient (Wildman–Crippen LogP) is 2.16. The number of carbonyl (C=O) groups excluding carboxylic acids is 1. The van der Waals surface area contributed by atoms with E-state index >= 15 is 0 Å². The van der Waals surface area contributed by atoms with Crippen molar-refractivity contribution in [1.82, 2.24) is 4.98 Å². The van der Waals surface area contributed by atoms with Crippen LogP contribution in [0.3, 0.4) is 0 Å². The van der Waals surface area contributed by atoms with Crippen LogP contribution in [-0.4, -0.2) is 24.5 Å². The first kappa shape index (κ1) is 14.1. The number of quaternary nitrogens is 1. The molecule has 3 heterocycles. The van der Waals surface area contributed by atoms with Gasteiger partial charge in [-0.1, -0.05) is 23.7 Å². The number of benzene rings is 2. The van der Waals surface area contributed by atoms with Gasteiger partial charge in [0.2, 0.25) is 5.54 Å². The van der Waals surface area contributed by atoms with Crippen molar-refractivity contribution in [2.75, 3.05) is 18.5 Å². The first-order valence-corrected chi connectivity index (χ1v) is 8.53. The van der Waals surface area contributed by atoms with Gasteiger partial charge in [-0.3, -0.25) is 4.79 Å². The van der Waals surface area contributed by atoms with E-state index in [0.717, 1.165) is 45.8 Å². The number of rotatable bonds is 0. The lowest BCUT2D eigenvalue weighted by molar-refractivity contribution is -0.714. The summed E-state index contributed by atoms with van der Waals surface area (Å²) in [7, 11) is 1.86. The highest BCUT2D eigenvalue weighted by Crippen LogP contribution is 2.44. The van der Waals surface area contributed by atoms with E-state index in [-0.39, 0.29) is 5.91 Å². The van der Waals surface area contributed by atoms with Gasteiger partial charge in [-0.15, -0.1) is 0 Å². The summed E-state index contributed by atoms with van der Waals surface area (Å²) in [6.45, 7) is 0.875. The third kappa shape index (κ3) is 1.55. The molecule has 2 aromatic carbocycles. The van der Waals surface area contributed by atoms with E-state index in [0.29, 0.717) is 0 Å². The molecule has 2 aliphatic heterocycles. The lowest BCUT2D eigenvalue weighted by Crippen LogP contribution is -2.99. The molecule has 1 atom stereocenters. The molecule has 0 saturated heterocycles. The van der Waals surface area contributed by atoms with E-state index in [1.54, 1.807) is 4.90 Å². The first-order valence-electron chi connectivity index (χ1n) is 8.15. The highest BCUT2D eigenvalue weighted by molar-refractivity contribution is 6.31. The van der Waals surface area contributed by atoms with E-state index < -0.39 is 5.54 Å². The molecule has 0 unspecified atom stereocenters. The summed E-state index contributed by atoms with van der Waals surface area (Å²) in [5.74, 6) is 0.113. The van der Waals surface area contributed by atoms with Gasteiger partial charge in [0, 0.05) is 29.4 Å². The average molecular weight is 339 g/mol. The Balaban J connectivity index is 1.87. The van der Waals surface area contributed by atoms with E-state index in [1.165, 1.54) is 5.56 Å². The number of likely N-dealkylation sites (N-methyl/N-ethyl adjacent to an activating group) is 1. The van der Waals surface area contributed by atoms with Gasteiger partial charge in [-0.05, 0) is 35.9 Å². The molecular formula is C19H17ClN3O+. The Morgan fingerprint density at radius 2 is 2.08 bits per heavy atom. The van der Waals surface area contributed by atoms with Gasteiger partial charge in [0.15, 0.2) is 0 Å². The number of nitrogens with zero attached hydrogens (tertiary/aromatic N) is 1. The number of hydrogen-bond donors (Lipinski definition) is 2. The zero-order chi connectivity index (χ0) is 16.5. The molecule has 3 N–H and O–H groups in total. The van der Waals surface area contributed by atoms with Crippen LogP contribution in [-0.2, 0) is 16.8 Å². The molecule has 1 spiro atoms. The van der Waals surface area contributed by atoms with Crippen LogP contribution in [0.15, 0.2) is 42.5 Å². The number of aromatic amines is 1. The van der Waals surface area contributed by atoms with Crippen LogP contribution < -0.4 is 10.2 Å². The normalized spacial score (nSPS) is 22.2. The molecule has 0 fully saturated rings. The van der Waals surface area contributed by atoms with Crippen LogP contribution in [0, 0.1) is 0 Å². The zero-order valence-electron chi connectivity index (χ0n) is 13.3. The molecule has 24 heavy (non-hydrogen) atoms. The molecular weight excluding hydrogens is 322 g/mol. The van der Waals surface area contributed by atoms with Crippen molar-refractivity contribution in [2.24, 2.45) is 0 Å². The topological polar surface area (TPSA) is 52.7 Å². The molecule has 3 aromatic rings. The molecule has 5 heteroatoms. The molecule has 1 amide bonds. The highest BCUT2D eigenvalue weighted by Gasteiger charge is 2.58. The molecule has 2 aliphatic rings. The average Bonchev–Trinajstić information content (AvgIpc) is 3.07. The summed E-state index contributed by atoms with van der Waals surface area (Å²) in [4.78, 5) is 18.6. The fourth-order valence-corrected chi connectivity index (χ4v) is 4.55. The minimum Gasteiger partial charge on any atom is -0.352 e. The Morgan fingerprint density at radius 3 is 2.96 bits per heavy atom. The number of carbonyl (C=O) groups is 1. The van der Waals surface area contributed by atoms with Crippen molar-refractivity contribution in [3.8, 4) is 0 Å². The quantitative estimate of drug-likeness (QED) is 0.648. The number of hydrogen-bond acceptors (Lipinski definition) is 1. The van der Waals surface area contributed by atoms with Crippen LogP contribution >= 0.6 is 11.6 Å². The summed E-state index contributed by atoms with van der Waals surface area (Å²) in [5, 5.41) is 4.03. The van der Waals surface area contributed by atoms with Crippen LogP contribution in [0.5, 0.6) is 0 Å². The second-order valence-corrected chi connectivity index (χ2v) is 7.04. The third-order valence-corrected chi connectivity index (χ3v) is 5.67. The maximum Gasteiger partial charge on any atom is 0.299 e. The van der Waals surface area contributed by atoms with Crippen molar-refractivity contribution < 1.29 is 10.1 Å². The number of aromatic nitrogens is 1. The number of anilines is 1. The van der Waals surface area contributed by atoms with Crippen molar-refractivity contribution in [3.05, 3.63) is 64.3 Å². The van der Waals surface area contributed by atoms with E-state index in [1.807, 2.05) is 43.4 Å². The molecule has 120 valence electrons. The van der Waals surface area contributed by atoms with Gasteiger partial charge in [0.1, 0.15) is 0 Å². The monoisotopic (exact) mass is 338 g/mol.